The first kappa shape index (κ1) is 13.4. The van der Waals surface area contributed by atoms with E-state index in [4.69, 9.17) is 4.74 Å². The Hall–Kier alpha value is -1.02. The highest BCUT2D eigenvalue weighted by Crippen LogP contribution is 2.43. The van der Waals surface area contributed by atoms with Crippen molar-refractivity contribution in [3.05, 3.63) is 29.3 Å². The number of nitrogens with zero attached hydrogens (tertiary/aromatic N) is 1. The van der Waals surface area contributed by atoms with Crippen molar-refractivity contribution in [1.29, 1.82) is 0 Å². The summed E-state index contributed by atoms with van der Waals surface area (Å²) in [7, 11) is 1.77. The molecule has 1 aliphatic rings. The lowest BCUT2D eigenvalue weighted by Crippen LogP contribution is -2.49. The van der Waals surface area contributed by atoms with Gasteiger partial charge in [-0.1, -0.05) is 19.1 Å². The monoisotopic (exact) mass is 247 g/mol. The number of rotatable bonds is 3. The molecule has 1 aromatic carbocycles. The number of methoxy groups -OCH3 is 1. The summed E-state index contributed by atoms with van der Waals surface area (Å²) in [4.78, 5) is 2.51. The van der Waals surface area contributed by atoms with E-state index >= 15 is 0 Å². The van der Waals surface area contributed by atoms with Gasteiger partial charge in [0.05, 0.1) is 6.61 Å². The Kier molecular flexibility index (Phi) is 3.67. The summed E-state index contributed by atoms with van der Waals surface area (Å²) in [5, 5.41) is 0. The minimum absolute atomic E-state index is 0.207. The van der Waals surface area contributed by atoms with Gasteiger partial charge >= 0.3 is 0 Å². The fourth-order valence-electron chi connectivity index (χ4n) is 3.21. The third kappa shape index (κ3) is 2.39. The maximum atomic E-state index is 5.27. The zero-order chi connectivity index (χ0) is 13.3. The second-order valence-electron chi connectivity index (χ2n) is 6.12. The predicted molar refractivity (Wildman–Crippen MR) is 77.5 cm³/mol. The molecule has 1 aromatic rings. The maximum absolute atomic E-state index is 5.27. The lowest BCUT2D eigenvalue weighted by Gasteiger charge is -2.47. The molecule has 0 saturated carbocycles. The van der Waals surface area contributed by atoms with Gasteiger partial charge < -0.3 is 9.64 Å². The molecule has 1 aliphatic heterocycles. The Morgan fingerprint density at radius 1 is 1.39 bits per heavy atom. The highest BCUT2D eigenvalue weighted by atomic mass is 16.5. The Bertz CT molecular complexity index is 425. The van der Waals surface area contributed by atoms with Crippen LogP contribution in [-0.2, 0) is 4.74 Å². The van der Waals surface area contributed by atoms with Gasteiger partial charge in [0, 0.05) is 24.9 Å². The van der Waals surface area contributed by atoms with Gasteiger partial charge in [0.1, 0.15) is 0 Å². The summed E-state index contributed by atoms with van der Waals surface area (Å²) in [6.45, 7) is 10.9. The molecular weight excluding hydrogens is 222 g/mol. The van der Waals surface area contributed by atoms with Crippen LogP contribution in [0.4, 0.5) is 5.69 Å². The van der Waals surface area contributed by atoms with Crippen molar-refractivity contribution in [2.75, 3.05) is 25.2 Å². The van der Waals surface area contributed by atoms with Crippen molar-refractivity contribution < 1.29 is 4.74 Å². The molecule has 0 N–H and O–H groups in total. The van der Waals surface area contributed by atoms with Crippen molar-refractivity contribution in [2.24, 2.45) is 0 Å². The minimum Gasteiger partial charge on any atom is -0.383 e. The van der Waals surface area contributed by atoms with Crippen LogP contribution in [0.2, 0.25) is 0 Å². The average Bonchev–Trinajstić information content (AvgIpc) is 2.27. The molecule has 2 rings (SSSR count). The molecule has 0 radical (unpaired) electrons. The van der Waals surface area contributed by atoms with E-state index in [9.17, 15) is 0 Å². The lowest BCUT2D eigenvalue weighted by molar-refractivity contribution is 0.196. The summed E-state index contributed by atoms with van der Waals surface area (Å²) in [6, 6.07) is 6.84. The summed E-state index contributed by atoms with van der Waals surface area (Å²) >= 11 is 0. The van der Waals surface area contributed by atoms with Crippen LogP contribution in [0.3, 0.4) is 0 Å². The van der Waals surface area contributed by atoms with Gasteiger partial charge in [-0.2, -0.15) is 0 Å². The second-order valence-corrected chi connectivity index (χ2v) is 6.12. The predicted octanol–water partition coefficient (Wildman–Crippen LogP) is 3.73. The molecule has 0 bridgehead atoms. The number of anilines is 1. The fraction of sp³-hybridized carbons (Fsp3) is 0.625. The first-order valence-electron chi connectivity index (χ1n) is 6.83. The molecule has 1 unspecified atom stereocenters. The lowest BCUT2D eigenvalue weighted by atomic mass is 9.80. The summed E-state index contributed by atoms with van der Waals surface area (Å²) < 4.78 is 5.27. The smallest absolute Gasteiger partial charge is 0.0638 e. The van der Waals surface area contributed by atoms with E-state index in [1.807, 2.05) is 0 Å². The average molecular weight is 247 g/mol. The van der Waals surface area contributed by atoms with Gasteiger partial charge in [0.2, 0.25) is 0 Å². The van der Waals surface area contributed by atoms with E-state index in [1.165, 1.54) is 23.2 Å². The van der Waals surface area contributed by atoms with Gasteiger partial charge in [-0.25, -0.2) is 0 Å². The van der Waals surface area contributed by atoms with E-state index in [2.05, 4.69) is 50.8 Å². The zero-order valence-corrected chi connectivity index (χ0v) is 12.3. The topological polar surface area (TPSA) is 12.5 Å². The summed E-state index contributed by atoms with van der Waals surface area (Å²) in [5.74, 6) is 0.634. The van der Waals surface area contributed by atoms with Crippen LogP contribution in [0.5, 0.6) is 0 Å². The third-order valence-corrected chi connectivity index (χ3v) is 4.06. The molecule has 0 spiro atoms. The molecule has 2 heteroatoms. The van der Waals surface area contributed by atoms with Crippen LogP contribution < -0.4 is 4.90 Å². The van der Waals surface area contributed by atoms with E-state index in [0.29, 0.717) is 5.92 Å². The van der Waals surface area contributed by atoms with Gasteiger partial charge in [-0.15, -0.1) is 0 Å². The van der Waals surface area contributed by atoms with Crippen molar-refractivity contribution in [3.8, 4) is 0 Å². The molecule has 100 valence electrons. The Morgan fingerprint density at radius 3 is 2.78 bits per heavy atom. The molecule has 0 amide bonds. The first-order valence-corrected chi connectivity index (χ1v) is 6.83. The normalized spacial score (nSPS) is 21.8. The molecule has 1 atom stereocenters. The molecule has 0 aromatic heterocycles. The molecule has 18 heavy (non-hydrogen) atoms. The molecule has 0 fully saturated rings. The number of hydrogen-bond donors (Lipinski definition) is 0. The molecule has 2 nitrogen and oxygen atoms in total. The summed E-state index contributed by atoms with van der Waals surface area (Å²) in [6.07, 6.45) is 1.20. The SMILES string of the molecule is COCCN1c2cc(C)ccc2C(C)CC1(C)C. The van der Waals surface area contributed by atoms with Gasteiger partial charge in [-0.05, 0) is 50.3 Å². The van der Waals surface area contributed by atoms with Gasteiger partial charge in [0.15, 0.2) is 0 Å². The number of fused-ring (bicyclic) bond motifs is 1. The number of aryl methyl sites for hydroxylation is 1. The molecule has 0 aliphatic carbocycles. The number of benzene rings is 1. The molecule has 1 heterocycles. The van der Waals surface area contributed by atoms with E-state index in [-0.39, 0.29) is 5.54 Å². The zero-order valence-electron chi connectivity index (χ0n) is 12.3. The van der Waals surface area contributed by atoms with Crippen molar-refractivity contribution in [3.63, 3.8) is 0 Å². The van der Waals surface area contributed by atoms with Crippen molar-refractivity contribution >= 4 is 5.69 Å². The van der Waals surface area contributed by atoms with E-state index in [1.54, 1.807) is 7.11 Å². The van der Waals surface area contributed by atoms with Gasteiger partial charge in [-0.3, -0.25) is 0 Å². The van der Waals surface area contributed by atoms with Crippen LogP contribution >= 0.6 is 0 Å². The molecule has 0 saturated heterocycles. The van der Waals surface area contributed by atoms with Crippen LogP contribution in [0.25, 0.3) is 0 Å². The quantitative estimate of drug-likeness (QED) is 0.807. The number of ether oxygens (including phenoxy) is 1. The maximum Gasteiger partial charge on any atom is 0.0638 e. The van der Waals surface area contributed by atoms with Gasteiger partial charge in [0.25, 0.3) is 0 Å². The summed E-state index contributed by atoms with van der Waals surface area (Å²) in [5.41, 5.74) is 4.42. The van der Waals surface area contributed by atoms with E-state index in [0.717, 1.165) is 13.2 Å². The third-order valence-electron chi connectivity index (χ3n) is 4.06. The Morgan fingerprint density at radius 2 is 2.11 bits per heavy atom. The highest BCUT2D eigenvalue weighted by molar-refractivity contribution is 5.60. The highest BCUT2D eigenvalue weighted by Gasteiger charge is 2.35. The van der Waals surface area contributed by atoms with Crippen molar-refractivity contribution in [1.82, 2.24) is 0 Å². The number of hydrogen-bond acceptors (Lipinski definition) is 2. The largest absolute Gasteiger partial charge is 0.383 e. The van der Waals surface area contributed by atoms with Crippen LogP contribution in [0, 0.1) is 6.92 Å². The second kappa shape index (κ2) is 4.93. The van der Waals surface area contributed by atoms with Crippen LogP contribution in [-0.4, -0.2) is 25.8 Å². The Labute approximate surface area is 111 Å². The van der Waals surface area contributed by atoms with Crippen molar-refractivity contribution in [2.45, 2.75) is 45.6 Å². The van der Waals surface area contributed by atoms with E-state index < -0.39 is 0 Å². The minimum atomic E-state index is 0.207. The first-order chi connectivity index (χ1) is 8.45. The molecular formula is C16H25NO. The standard InChI is InChI=1S/C16H25NO/c1-12-6-7-14-13(2)11-16(3,4)17(8-9-18-5)15(14)10-12/h6-7,10,13H,8-9,11H2,1-5H3. The fourth-order valence-corrected chi connectivity index (χ4v) is 3.21. The van der Waals surface area contributed by atoms with Crippen LogP contribution in [0.1, 0.15) is 44.2 Å². The Balaban J connectivity index is 2.42. The van der Waals surface area contributed by atoms with Crippen LogP contribution in [0.15, 0.2) is 18.2 Å².